The van der Waals surface area contributed by atoms with Crippen molar-refractivity contribution in [1.29, 1.82) is 0 Å². The summed E-state index contributed by atoms with van der Waals surface area (Å²) in [4.78, 5) is 27.6. The summed E-state index contributed by atoms with van der Waals surface area (Å²) in [6.45, 7) is 2.95. The van der Waals surface area contributed by atoms with Crippen LogP contribution in [0.25, 0.3) is 0 Å². The number of amides is 2. The summed E-state index contributed by atoms with van der Waals surface area (Å²) < 4.78 is 15.9. The van der Waals surface area contributed by atoms with Gasteiger partial charge in [-0.25, -0.2) is 0 Å². The Hall–Kier alpha value is -3.10. The largest absolute Gasteiger partial charge is 0.454 e. The Kier molecular flexibility index (Phi) is 8.97. The zero-order valence-electron chi connectivity index (χ0n) is 20.4. The summed E-state index contributed by atoms with van der Waals surface area (Å²) >= 11 is 0. The van der Waals surface area contributed by atoms with Crippen molar-refractivity contribution in [3.05, 3.63) is 53.1 Å². The van der Waals surface area contributed by atoms with Gasteiger partial charge in [0.2, 0.25) is 6.79 Å². The highest BCUT2D eigenvalue weighted by molar-refractivity contribution is 5.98. The van der Waals surface area contributed by atoms with Crippen molar-refractivity contribution in [2.45, 2.75) is 45.1 Å². The molecule has 8 heteroatoms. The average Bonchev–Trinajstić information content (AvgIpc) is 3.32. The number of fused-ring (bicyclic) bond motifs is 2. The lowest BCUT2D eigenvalue weighted by atomic mass is 10.0. The third kappa shape index (κ3) is 6.74. The maximum atomic E-state index is 12.9. The van der Waals surface area contributed by atoms with Gasteiger partial charge in [0.05, 0.1) is 0 Å². The minimum Gasteiger partial charge on any atom is -0.454 e. The summed E-state index contributed by atoms with van der Waals surface area (Å²) in [7, 11) is 1.54. The van der Waals surface area contributed by atoms with Crippen molar-refractivity contribution in [1.82, 2.24) is 10.6 Å². The van der Waals surface area contributed by atoms with Crippen LogP contribution in [0, 0.1) is 0 Å². The van der Waals surface area contributed by atoms with Crippen molar-refractivity contribution in [2.75, 3.05) is 45.0 Å². The fourth-order valence-corrected chi connectivity index (χ4v) is 4.50. The van der Waals surface area contributed by atoms with Gasteiger partial charge in [0.15, 0.2) is 11.5 Å². The minimum absolute atomic E-state index is 0.0367. The molecule has 2 aromatic rings. The van der Waals surface area contributed by atoms with Crippen molar-refractivity contribution in [3.8, 4) is 11.5 Å². The molecule has 0 saturated heterocycles. The highest BCUT2D eigenvalue weighted by Gasteiger charge is 2.20. The highest BCUT2D eigenvalue weighted by atomic mass is 16.7. The second-order valence-corrected chi connectivity index (χ2v) is 8.96. The lowest BCUT2D eigenvalue weighted by Gasteiger charge is -2.26. The Balaban J connectivity index is 1.45. The van der Waals surface area contributed by atoms with E-state index in [0.29, 0.717) is 31.6 Å². The van der Waals surface area contributed by atoms with Crippen LogP contribution in [0.15, 0.2) is 36.4 Å². The third-order valence-corrected chi connectivity index (χ3v) is 6.39. The van der Waals surface area contributed by atoms with Gasteiger partial charge in [0.25, 0.3) is 11.8 Å². The molecule has 35 heavy (non-hydrogen) atoms. The number of hydrogen-bond acceptors (Lipinski definition) is 6. The molecule has 0 unspecified atom stereocenters. The van der Waals surface area contributed by atoms with E-state index in [9.17, 15) is 9.59 Å². The molecule has 0 bridgehead atoms. The molecule has 0 aliphatic carbocycles. The van der Waals surface area contributed by atoms with Crippen LogP contribution in [-0.4, -0.2) is 52.0 Å². The molecular weight excluding hydrogens is 446 g/mol. The first kappa shape index (κ1) is 25.0. The van der Waals surface area contributed by atoms with Gasteiger partial charge in [-0.15, -0.1) is 0 Å². The van der Waals surface area contributed by atoms with Crippen LogP contribution in [0.3, 0.4) is 0 Å². The average molecular weight is 482 g/mol. The molecule has 0 spiro atoms. The van der Waals surface area contributed by atoms with E-state index >= 15 is 0 Å². The van der Waals surface area contributed by atoms with Crippen LogP contribution in [-0.2, 0) is 22.5 Å². The standard InChI is InChI=1S/C27H35N3O5/c1-33-18-26(31)30-14-6-4-2-3-5-12-28-17-22-16-21(8-9-23(22)30)27(32)29-13-11-20-7-10-24-25(15-20)35-19-34-24/h7-10,15-16,28H,2-6,11-14,17-19H2,1H3,(H,29,32). The van der Waals surface area contributed by atoms with Crippen LogP contribution in [0.2, 0.25) is 0 Å². The second-order valence-electron chi connectivity index (χ2n) is 8.96. The number of hydrogen-bond donors (Lipinski definition) is 2. The molecule has 188 valence electrons. The van der Waals surface area contributed by atoms with Crippen molar-refractivity contribution in [3.63, 3.8) is 0 Å². The van der Waals surface area contributed by atoms with Crippen molar-refractivity contribution < 1.29 is 23.8 Å². The fourth-order valence-electron chi connectivity index (χ4n) is 4.50. The lowest BCUT2D eigenvalue weighted by molar-refractivity contribution is -0.122. The van der Waals surface area contributed by atoms with E-state index < -0.39 is 0 Å². The van der Waals surface area contributed by atoms with E-state index in [2.05, 4.69) is 10.6 Å². The van der Waals surface area contributed by atoms with E-state index in [-0.39, 0.29) is 25.2 Å². The van der Waals surface area contributed by atoms with Gasteiger partial charge >= 0.3 is 0 Å². The summed E-state index contributed by atoms with van der Waals surface area (Å²) in [6.07, 6.45) is 6.21. The minimum atomic E-state index is -0.130. The third-order valence-electron chi connectivity index (χ3n) is 6.39. The predicted molar refractivity (Wildman–Crippen MR) is 134 cm³/mol. The SMILES string of the molecule is COCC(=O)N1CCCCCCCNCc2cc(C(=O)NCCc3ccc4c(c3)OCO4)ccc21. The molecule has 0 radical (unpaired) electrons. The van der Waals surface area contributed by atoms with Crippen LogP contribution in [0.4, 0.5) is 5.69 Å². The number of methoxy groups -OCH3 is 1. The molecule has 2 aromatic carbocycles. The summed E-state index contributed by atoms with van der Waals surface area (Å²) in [5.74, 6) is 1.30. The first-order chi connectivity index (χ1) is 17.2. The van der Waals surface area contributed by atoms with E-state index in [1.165, 1.54) is 20.0 Å². The molecule has 2 amide bonds. The molecule has 4 rings (SSSR count). The summed E-state index contributed by atoms with van der Waals surface area (Å²) in [5, 5.41) is 6.49. The number of anilines is 1. The number of carbonyl (C=O) groups is 2. The molecule has 2 aliphatic heterocycles. The molecule has 8 nitrogen and oxygen atoms in total. The van der Waals surface area contributed by atoms with Crippen molar-refractivity contribution >= 4 is 17.5 Å². The molecule has 2 N–H and O–H groups in total. The lowest BCUT2D eigenvalue weighted by Crippen LogP contribution is -2.36. The fraction of sp³-hybridized carbons (Fsp3) is 0.481. The maximum absolute atomic E-state index is 12.9. The molecule has 0 atom stereocenters. The Morgan fingerprint density at radius 1 is 1.03 bits per heavy atom. The van der Waals surface area contributed by atoms with Gasteiger partial charge in [-0.1, -0.05) is 25.3 Å². The first-order valence-corrected chi connectivity index (χ1v) is 12.5. The number of ether oxygens (including phenoxy) is 3. The Labute approximate surface area is 206 Å². The number of carbonyl (C=O) groups excluding carboxylic acids is 2. The Morgan fingerprint density at radius 3 is 2.74 bits per heavy atom. The number of nitrogens with zero attached hydrogens (tertiary/aromatic N) is 1. The maximum Gasteiger partial charge on any atom is 0.252 e. The number of rotatable bonds is 6. The number of benzene rings is 2. The quantitative estimate of drug-likeness (QED) is 0.657. The van der Waals surface area contributed by atoms with Gasteiger partial charge in [-0.2, -0.15) is 0 Å². The summed E-state index contributed by atoms with van der Waals surface area (Å²) in [5.41, 5.74) is 3.45. The first-order valence-electron chi connectivity index (χ1n) is 12.5. The molecule has 0 saturated carbocycles. The summed E-state index contributed by atoms with van der Waals surface area (Å²) in [6, 6.07) is 11.4. The molecule has 2 aliphatic rings. The van der Waals surface area contributed by atoms with E-state index in [1.807, 2.05) is 35.2 Å². The molecule has 2 heterocycles. The van der Waals surface area contributed by atoms with Gasteiger partial charge in [0.1, 0.15) is 6.61 Å². The van der Waals surface area contributed by atoms with Crippen LogP contribution in [0.1, 0.15) is 53.6 Å². The van der Waals surface area contributed by atoms with Crippen molar-refractivity contribution in [2.24, 2.45) is 0 Å². The molecule has 0 fully saturated rings. The van der Waals surface area contributed by atoms with Gasteiger partial charge in [-0.3, -0.25) is 9.59 Å². The van der Waals surface area contributed by atoms with Gasteiger partial charge in [0, 0.05) is 38.0 Å². The smallest absolute Gasteiger partial charge is 0.252 e. The molecule has 0 aromatic heterocycles. The van der Waals surface area contributed by atoms with Crippen LogP contribution >= 0.6 is 0 Å². The zero-order valence-corrected chi connectivity index (χ0v) is 20.4. The Bertz CT molecular complexity index is 1030. The zero-order chi connectivity index (χ0) is 24.5. The van der Waals surface area contributed by atoms with Crippen LogP contribution in [0.5, 0.6) is 11.5 Å². The van der Waals surface area contributed by atoms with E-state index in [1.54, 1.807) is 6.07 Å². The van der Waals surface area contributed by atoms with Gasteiger partial charge < -0.3 is 29.7 Å². The van der Waals surface area contributed by atoms with Crippen LogP contribution < -0.4 is 25.0 Å². The van der Waals surface area contributed by atoms with E-state index in [4.69, 9.17) is 14.2 Å². The van der Waals surface area contributed by atoms with Gasteiger partial charge in [-0.05, 0) is 67.3 Å². The Morgan fingerprint density at radius 2 is 1.86 bits per heavy atom. The highest BCUT2D eigenvalue weighted by Crippen LogP contribution is 2.32. The monoisotopic (exact) mass is 481 g/mol. The van der Waals surface area contributed by atoms with E-state index in [0.717, 1.165) is 54.1 Å². The second kappa shape index (κ2) is 12.6. The topological polar surface area (TPSA) is 89.1 Å². The normalized spacial score (nSPS) is 16.1. The number of nitrogens with one attached hydrogen (secondary N) is 2. The predicted octanol–water partition coefficient (Wildman–Crippen LogP) is 3.42. The molecular formula is C27H35N3O5.